The highest BCUT2D eigenvalue weighted by Crippen LogP contribution is 2.33. The van der Waals surface area contributed by atoms with Crippen molar-refractivity contribution in [3.8, 4) is 5.69 Å². The maximum Gasteiger partial charge on any atom is 0.291 e. The predicted octanol–water partition coefficient (Wildman–Crippen LogP) is 3.73. The lowest BCUT2D eigenvalue weighted by Gasteiger charge is -2.13. The first-order chi connectivity index (χ1) is 15.2. The Kier molecular flexibility index (Phi) is 5.45. The summed E-state index contributed by atoms with van der Waals surface area (Å²) >= 11 is 0. The summed E-state index contributed by atoms with van der Waals surface area (Å²) in [4.78, 5) is 20.2. The number of benzene rings is 2. The first kappa shape index (κ1) is 21.5. The zero-order valence-corrected chi connectivity index (χ0v) is 16.2. The molecule has 4 rings (SSSR count). The second-order valence-electron chi connectivity index (χ2n) is 6.81. The zero-order valence-electron chi connectivity index (χ0n) is 16.2. The van der Waals surface area contributed by atoms with E-state index in [2.05, 4.69) is 15.1 Å². The molecule has 1 aromatic heterocycles. The number of carbonyl (C=O) groups is 1. The van der Waals surface area contributed by atoms with Gasteiger partial charge in [-0.2, -0.15) is 0 Å². The van der Waals surface area contributed by atoms with E-state index in [4.69, 9.17) is 0 Å². The van der Waals surface area contributed by atoms with Crippen molar-refractivity contribution in [2.24, 2.45) is 4.99 Å². The van der Waals surface area contributed by atoms with E-state index in [0.717, 1.165) is 35.0 Å². The number of nitrogens with zero attached hydrogens (tertiary/aromatic N) is 4. The van der Waals surface area contributed by atoms with Gasteiger partial charge in [0.2, 0.25) is 5.82 Å². The van der Waals surface area contributed by atoms with E-state index >= 15 is 0 Å². The third kappa shape index (κ3) is 3.61. The minimum absolute atomic E-state index is 0.0498. The van der Waals surface area contributed by atoms with Gasteiger partial charge in [-0.15, -0.1) is 5.10 Å². The fourth-order valence-corrected chi connectivity index (χ4v) is 3.29. The summed E-state index contributed by atoms with van der Waals surface area (Å²) in [5.41, 5.74) is -1.96. The topological polar surface area (TPSA) is 72.2 Å². The van der Waals surface area contributed by atoms with E-state index in [1.807, 2.05) is 5.32 Å². The highest BCUT2D eigenvalue weighted by molar-refractivity contribution is 6.15. The van der Waals surface area contributed by atoms with E-state index < -0.39 is 70.9 Å². The maximum atomic E-state index is 14.9. The Bertz CT molecular complexity index is 1240. The van der Waals surface area contributed by atoms with Gasteiger partial charge < -0.3 is 5.32 Å². The van der Waals surface area contributed by atoms with E-state index in [-0.39, 0.29) is 11.5 Å². The largest absolute Gasteiger partial charge is 0.344 e. The van der Waals surface area contributed by atoms with E-state index in [1.165, 1.54) is 6.92 Å². The van der Waals surface area contributed by atoms with Crippen LogP contribution in [0, 0.1) is 23.3 Å². The van der Waals surface area contributed by atoms with Gasteiger partial charge in [0.15, 0.2) is 17.5 Å². The molecule has 0 bridgehead atoms. The van der Waals surface area contributed by atoms with Crippen LogP contribution in [0.1, 0.15) is 40.5 Å². The highest BCUT2D eigenvalue weighted by Gasteiger charge is 2.32. The molecule has 0 spiro atoms. The minimum Gasteiger partial charge on any atom is -0.344 e. The second kappa shape index (κ2) is 8.09. The van der Waals surface area contributed by atoms with Gasteiger partial charge in [-0.1, -0.05) is 6.07 Å². The smallest absolute Gasteiger partial charge is 0.291 e. The highest BCUT2D eigenvalue weighted by atomic mass is 19.3. The average Bonchev–Trinajstić information content (AvgIpc) is 3.14. The van der Waals surface area contributed by atoms with E-state index in [1.54, 1.807) is 0 Å². The third-order valence-electron chi connectivity index (χ3n) is 4.69. The van der Waals surface area contributed by atoms with Gasteiger partial charge >= 0.3 is 0 Å². The third-order valence-corrected chi connectivity index (χ3v) is 4.69. The Morgan fingerprint density at radius 3 is 2.41 bits per heavy atom. The summed E-state index contributed by atoms with van der Waals surface area (Å²) in [5.74, 6) is -6.44. The molecular formula is C20H13F6N5O. The number of amides is 1. The molecule has 0 radical (unpaired) electrons. The molecule has 1 aliphatic heterocycles. The zero-order chi connectivity index (χ0) is 23.2. The van der Waals surface area contributed by atoms with Crippen molar-refractivity contribution in [1.82, 2.24) is 20.1 Å². The molecule has 0 aliphatic carbocycles. The normalized spacial score (nSPS) is 15.1. The first-order valence-corrected chi connectivity index (χ1v) is 9.23. The lowest BCUT2D eigenvalue weighted by Crippen LogP contribution is -2.29. The van der Waals surface area contributed by atoms with Crippen molar-refractivity contribution in [1.29, 1.82) is 0 Å². The fourth-order valence-electron chi connectivity index (χ4n) is 3.29. The van der Waals surface area contributed by atoms with Gasteiger partial charge in [-0.3, -0.25) is 9.79 Å². The Balaban J connectivity index is 1.94. The number of fused-ring (bicyclic) bond motifs is 3. The number of alkyl halides is 2. The van der Waals surface area contributed by atoms with E-state index in [9.17, 15) is 31.1 Å². The number of hydrogen-bond acceptors (Lipinski definition) is 4. The molecule has 1 amide bonds. The molecule has 0 saturated heterocycles. The Morgan fingerprint density at radius 1 is 1.06 bits per heavy atom. The van der Waals surface area contributed by atoms with Gasteiger partial charge in [0.05, 0.1) is 29.1 Å². The van der Waals surface area contributed by atoms with Crippen LogP contribution < -0.4 is 5.32 Å². The molecule has 2 aromatic carbocycles. The SMILES string of the molecule is C[C@@H]1N=C(c2c(F)cccc2F)c2c(ccc(F)c2F)-n2nc(C(=O)NCC(F)F)nc21. The summed E-state index contributed by atoms with van der Waals surface area (Å²) in [6.07, 6.45) is -2.81. The lowest BCUT2D eigenvalue weighted by molar-refractivity contribution is 0.0882. The molecule has 2 heterocycles. The molecule has 32 heavy (non-hydrogen) atoms. The van der Waals surface area contributed by atoms with Gasteiger partial charge in [0, 0.05) is 0 Å². The number of aromatic nitrogens is 3. The van der Waals surface area contributed by atoms with Crippen LogP contribution in [0.5, 0.6) is 0 Å². The molecule has 1 atom stereocenters. The number of halogens is 6. The van der Waals surface area contributed by atoms with Crippen LogP contribution in [0.4, 0.5) is 26.3 Å². The molecule has 1 N–H and O–H groups in total. The van der Waals surface area contributed by atoms with Gasteiger partial charge in [-0.05, 0) is 31.2 Å². The van der Waals surface area contributed by atoms with Crippen molar-refractivity contribution in [3.63, 3.8) is 0 Å². The Labute approximate surface area is 176 Å². The molecule has 166 valence electrons. The van der Waals surface area contributed by atoms with Gasteiger partial charge in [0.1, 0.15) is 17.7 Å². The standard InChI is InChI=1S/C20H13F6N5O/c1-8-19-29-18(20(32)27-7-13(24)25)30-31(19)12-6-5-11(23)16(26)15(12)17(28-8)14-9(21)3-2-4-10(14)22/h2-6,8,13H,7H2,1H3,(H,27,32)/t8-/m0/s1. The average molecular weight is 453 g/mol. The fraction of sp³-hybridized carbons (Fsp3) is 0.200. The molecule has 6 nitrogen and oxygen atoms in total. The van der Waals surface area contributed by atoms with Crippen molar-refractivity contribution < 1.29 is 31.1 Å². The molecule has 0 fully saturated rings. The van der Waals surface area contributed by atoms with Gasteiger partial charge in [-0.25, -0.2) is 36.0 Å². The summed E-state index contributed by atoms with van der Waals surface area (Å²) in [6, 6.07) is 3.81. The van der Waals surface area contributed by atoms with Gasteiger partial charge in [0.25, 0.3) is 12.3 Å². The predicted molar refractivity (Wildman–Crippen MR) is 100 cm³/mol. The lowest BCUT2D eigenvalue weighted by atomic mass is 9.98. The van der Waals surface area contributed by atoms with Crippen molar-refractivity contribution in [2.75, 3.05) is 6.54 Å². The number of aliphatic imine (C=N–C) groups is 1. The van der Waals surface area contributed by atoms with Crippen molar-refractivity contribution in [3.05, 3.63) is 76.4 Å². The number of nitrogens with one attached hydrogen (secondary N) is 1. The Morgan fingerprint density at radius 2 is 1.75 bits per heavy atom. The van der Waals surface area contributed by atoms with Crippen molar-refractivity contribution in [2.45, 2.75) is 19.4 Å². The monoisotopic (exact) mass is 453 g/mol. The van der Waals surface area contributed by atoms with Crippen LogP contribution in [-0.4, -0.2) is 39.4 Å². The maximum absolute atomic E-state index is 14.9. The summed E-state index contributed by atoms with van der Waals surface area (Å²) in [5, 5.41) is 5.86. The second-order valence-corrected chi connectivity index (χ2v) is 6.81. The van der Waals surface area contributed by atoms with Crippen molar-refractivity contribution >= 4 is 11.6 Å². The molecule has 0 saturated carbocycles. The number of rotatable bonds is 4. The summed E-state index contributed by atoms with van der Waals surface area (Å²) < 4.78 is 83.8. The molecule has 12 heteroatoms. The van der Waals surface area contributed by atoms with Crippen LogP contribution >= 0.6 is 0 Å². The summed E-state index contributed by atoms with van der Waals surface area (Å²) in [7, 11) is 0. The quantitative estimate of drug-likeness (QED) is 0.612. The van der Waals surface area contributed by atoms with Crippen LogP contribution in [-0.2, 0) is 0 Å². The Hall–Kier alpha value is -3.70. The minimum atomic E-state index is -2.81. The van der Waals surface area contributed by atoms with E-state index in [0.29, 0.717) is 0 Å². The number of hydrogen-bond donors (Lipinski definition) is 1. The first-order valence-electron chi connectivity index (χ1n) is 9.23. The number of carbonyl (C=O) groups excluding carboxylic acids is 1. The molecule has 3 aromatic rings. The van der Waals surface area contributed by atoms with Crippen LogP contribution in [0.15, 0.2) is 35.3 Å². The molecule has 1 aliphatic rings. The van der Waals surface area contributed by atoms with Crippen LogP contribution in [0.2, 0.25) is 0 Å². The van der Waals surface area contributed by atoms with Crippen LogP contribution in [0.3, 0.4) is 0 Å². The molecule has 0 unspecified atom stereocenters. The summed E-state index contributed by atoms with van der Waals surface area (Å²) in [6.45, 7) is 0.490. The molecular weight excluding hydrogens is 440 g/mol. The van der Waals surface area contributed by atoms with Crippen LogP contribution in [0.25, 0.3) is 5.69 Å².